The van der Waals surface area contributed by atoms with Gasteiger partial charge in [0.05, 0.1) is 5.69 Å². The van der Waals surface area contributed by atoms with Crippen molar-refractivity contribution in [3.05, 3.63) is 99.5 Å². The lowest BCUT2D eigenvalue weighted by Crippen LogP contribution is -2.32. The Balaban J connectivity index is 1.76. The fraction of sp³-hybridized carbons (Fsp3) is 0.0833. The van der Waals surface area contributed by atoms with E-state index in [1.165, 1.54) is 16.7 Å². The Bertz CT molecular complexity index is 1140. The fourth-order valence-electron chi connectivity index (χ4n) is 3.32. The van der Waals surface area contributed by atoms with E-state index in [1.54, 1.807) is 12.1 Å². The third kappa shape index (κ3) is 4.13. The van der Waals surface area contributed by atoms with Gasteiger partial charge in [-0.2, -0.15) is 0 Å². The van der Waals surface area contributed by atoms with Gasteiger partial charge in [0.2, 0.25) is 0 Å². The Hall–Kier alpha value is -3.02. The molecule has 0 saturated heterocycles. The van der Waals surface area contributed by atoms with Crippen LogP contribution in [-0.2, 0) is 9.59 Å². The summed E-state index contributed by atoms with van der Waals surface area (Å²) in [4.78, 5) is 29.1. The highest BCUT2D eigenvalue weighted by molar-refractivity contribution is 8.04. The topological polar surface area (TPSA) is 49.4 Å². The highest BCUT2D eigenvalue weighted by Crippen LogP contribution is 2.38. The normalized spacial score (nSPS) is 13.9. The van der Waals surface area contributed by atoms with Crippen LogP contribution in [0.2, 0.25) is 5.02 Å². The van der Waals surface area contributed by atoms with Crippen molar-refractivity contribution >= 4 is 46.6 Å². The van der Waals surface area contributed by atoms with Gasteiger partial charge < -0.3 is 5.32 Å². The molecule has 0 bridgehead atoms. The number of para-hydroxylation sites is 1. The summed E-state index contributed by atoms with van der Waals surface area (Å²) < 4.78 is 0. The number of anilines is 2. The van der Waals surface area contributed by atoms with E-state index in [4.69, 9.17) is 11.6 Å². The van der Waals surface area contributed by atoms with Crippen molar-refractivity contribution in [3.8, 4) is 0 Å². The number of thioether (sulfide) groups is 1. The van der Waals surface area contributed by atoms with Crippen LogP contribution in [-0.4, -0.2) is 11.8 Å². The minimum Gasteiger partial charge on any atom is -0.350 e. The summed E-state index contributed by atoms with van der Waals surface area (Å²) in [5.74, 6) is -0.714. The Morgan fingerprint density at radius 2 is 1.47 bits per heavy atom. The Kier molecular flexibility index (Phi) is 5.66. The second kappa shape index (κ2) is 8.38. The molecular formula is C24H19ClN2O2S. The molecule has 0 aliphatic carbocycles. The number of nitrogens with zero attached hydrogens (tertiary/aromatic N) is 1. The van der Waals surface area contributed by atoms with Crippen molar-refractivity contribution in [2.45, 2.75) is 18.7 Å². The van der Waals surface area contributed by atoms with Crippen LogP contribution < -0.4 is 10.2 Å². The molecule has 1 heterocycles. The van der Waals surface area contributed by atoms with E-state index < -0.39 is 0 Å². The van der Waals surface area contributed by atoms with Crippen LogP contribution in [0.5, 0.6) is 0 Å². The first-order valence-corrected chi connectivity index (χ1v) is 10.6. The zero-order valence-corrected chi connectivity index (χ0v) is 18.1. The van der Waals surface area contributed by atoms with Crippen LogP contribution >= 0.6 is 23.4 Å². The number of aryl methyl sites for hydroxylation is 2. The number of imide groups is 1. The number of halogens is 1. The van der Waals surface area contributed by atoms with Gasteiger partial charge >= 0.3 is 0 Å². The Morgan fingerprint density at radius 3 is 2.10 bits per heavy atom. The van der Waals surface area contributed by atoms with E-state index >= 15 is 0 Å². The molecule has 3 aromatic carbocycles. The van der Waals surface area contributed by atoms with Gasteiger partial charge in [-0.05, 0) is 73.5 Å². The molecule has 0 fully saturated rings. The molecule has 30 heavy (non-hydrogen) atoms. The van der Waals surface area contributed by atoms with Gasteiger partial charge in [0.15, 0.2) is 0 Å². The van der Waals surface area contributed by atoms with Crippen LogP contribution in [0.4, 0.5) is 11.4 Å². The van der Waals surface area contributed by atoms with E-state index in [1.807, 2.05) is 74.5 Å². The van der Waals surface area contributed by atoms with Gasteiger partial charge in [-0.15, -0.1) is 0 Å². The zero-order valence-electron chi connectivity index (χ0n) is 16.5. The van der Waals surface area contributed by atoms with Crippen LogP contribution in [0.3, 0.4) is 0 Å². The van der Waals surface area contributed by atoms with E-state index in [-0.39, 0.29) is 17.5 Å². The number of amides is 2. The lowest BCUT2D eigenvalue weighted by Gasteiger charge is -2.16. The highest BCUT2D eigenvalue weighted by Gasteiger charge is 2.40. The third-order valence-electron chi connectivity index (χ3n) is 4.58. The molecule has 0 aromatic heterocycles. The van der Waals surface area contributed by atoms with Gasteiger partial charge in [-0.25, -0.2) is 4.90 Å². The molecule has 150 valence electrons. The molecule has 2 amide bonds. The first-order valence-electron chi connectivity index (χ1n) is 9.39. The summed E-state index contributed by atoms with van der Waals surface area (Å²) >= 11 is 7.24. The number of carbonyl (C=O) groups excluding carboxylic acids is 2. The summed E-state index contributed by atoms with van der Waals surface area (Å²) in [7, 11) is 0. The maximum absolute atomic E-state index is 13.4. The second-order valence-electron chi connectivity index (χ2n) is 7.04. The van der Waals surface area contributed by atoms with E-state index in [0.717, 1.165) is 21.7 Å². The average molecular weight is 435 g/mol. The summed E-state index contributed by atoms with van der Waals surface area (Å²) in [5, 5.41) is 3.77. The predicted molar refractivity (Wildman–Crippen MR) is 123 cm³/mol. The number of nitrogens with one attached hydrogen (secondary N) is 1. The molecule has 6 heteroatoms. The number of rotatable bonds is 5. The molecule has 4 rings (SSSR count). The molecular weight excluding hydrogens is 416 g/mol. The highest BCUT2D eigenvalue weighted by atomic mass is 35.5. The zero-order chi connectivity index (χ0) is 21.3. The van der Waals surface area contributed by atoms with Crippen molar-refractivity contribution < 1.29 is 9.59 Å². The van der Waals surface area contributed by atoms with Crippen LogP contribution in [0.15, 0.2) is 88.3 Å². The number of carbonyl (C=O) groups is 2. The Labute approximate surface area is 184 Å². The molecule has 3 aromatic rings. The maximum Gasteiger partial charge on any atom is 0.283 e. The van der Waals surface area contributed by atoms with Gasteiger partial charge in [-0.1, -0.05) is 47.6 Å². The molecule has 0 saturated carbocycles. The lowest BCUT2D eigenvalue weighted by molar-refractivity contribution is -0.120. The first-order chi connectivity index (χ1) is 14.4. The van der Waals surface area contributed by atoms with Crippen molar-refractivity contribution in [1.82, 2.24) is 0 Å². The standard InChI is InChI=1S/C24H19ClN2O2S/c1-15-12-16(2)14-19(13-15)27-23(28)21(26-18-6-4-3-5-7-18)22(24(27)29)30-20-10-8-17(25)9-11-20/h3-14,26H,1-2H3. The van der Waals surface area contributed by atoms with Crippen molar-refractivity contribution in [1.29, 1.82) is 0 Å². The smallest absolute Gasteiger partial charge is 0.283 e. The number of hydrogen-bond donors (Lipinski definition) is 1. The largest absolute Gasteiger partial charge is 0.350 e. The number of hydrogen-bond acceptors (Lipinski definition) is 4. The van der Waals surface area contributed by atoms with Crippen molar-refractivity contribution in [2.75, 3.05) is 10.2 Å². The van der Waals surface area contributed by atoms with Crippen molar-refractivity contribution in [3.63, 3.8) is 0 Å². The first kappa shape index (κ1) is 20.3. The van der Waals surface area contributed by atoms with Crippen LogP contribution in [0, 0.1) is 13.8 Å². The second-order valence-corrected chi connectivity index (χ2v) is 8.56. The molecule has 0 spiro atoms. The van der Waals surface area contributed by atoms with Gasteiger partial charge in [0.25, 0.3) is 11.8 Å². The molecule has 1 aliphatic heterocycles. The minimum absolute atomic E-state index is 0.269. The minimum atomic E-state index is -0.370. The predicted octanol–water partition coefficient (Wildman–Crippen LogP) is 5.95. The fourth-order valence-corrected chi connectivity index (χ4v) is 4.37. The summed E-state index contributed by atoms with van der Waals surface area (Å²) in [6, 6.07) is 22.2. The summed E-state index contributed by atoms with van der Waals surface area (Å²) in [6.07, 6.45) is 0. The Morgan fingerprint density at radius 1 is 0.833 bits per heavy atom. The SMILES string of the molecule is Cc1cc(C)cc(N2C(=O)C(Nc3ccccc3)=C(Sc3ccc(Cl)cc3)C2=O)c1. The van der Waals surface area contributed by atoms with Crippen LogP contribution in [0.25, 0.3) is 0 Å². The monoisotopic (exact) mass is 434 g/mol. The molecule has 4 nitrogen and oxygen atoms in total. The van der Waals surface area contributed by atoms with Crippen molar-refractivity contribution in [2.24, 2.45) is 0 Å². The van der Waals surface area contributed by atoms with Gasteiger partial charge in [0, 0.05) is 15.6 Å². The summed E-state index contributed by atoms with van der Waals surface area (Å²) in [6.45, 7) is 3.89. The van der Waals surface area contributed by atoms with E-state index in [2.05, 4.69) is 5.32 Å². The number of benzene rings is 3. The molecule has 0 radical (unpaired) electrons. The summed E-state index contributed by atoms with van der Waals surface area (Å²) in [5.41, 5.74) is 3.56. The van der Waals surface area contributed by atoms with Gasteiger partial charge in [-0.3, -0.25) is 9.59 Å². The molecule has 1 N–H and O–H groups in total. The third-order valence-corrected chi connectivity index (χ3v) is 5.93. The molecule has 1 aliphatic rings. The molecule has 0 atom stereocenters. The average Bonchev–Trinajstić information content (AvgIpc) is 2.93. The quantitative estimate of drug-likeness (QED) is 0.504. The van der Waals surface area contributed by atoms with E-state index in [0.29, 0.717) is 15.6 Å². The maximum atomic E-state index is 13.4. The molecule has 0 unspecified atom stereocenters. The lowest BCUT2D eigenvalue weighted by atomic mass is 10.1. The van der Waals surface area contributed by atoms with Gasteiger partial charge in [0.1, 0.15) is 10.6 Å². The van der Waals surface area contributed by atoms with E-state index in [9.17, 15) is 9.59 Å². The van der Waals surface area contributed by atoms with Crippen LogP contribution in [0.1, 0.15) is 11.1 Å².